The minimum Gasteiger partial charge on any atom is -0.493 e. The van der Waals surface area contributed by atoms with Crippen molar-refractivity contribution in [3.63, 3.8) is 0 Å². The van der Waals surface area contributed by atoms with E-state index in [1.165, 1.54) is 50.5 Å². The van der Waals surface area contributed by atoms with Gasteiger partial charge >= 0.3 is 0 Å². The molecule has 0 saturated heterocycles. The van der Waals surface area contributed by atoms with Crippen molar-refractivity contribution in [3.8, 4) is 17.2 Å². The third kappa shape index (κ3) is 5.12. The molecule has 0 radical (unpaired) electrons. The second kappa shape index (κ2) is 9.59. The summed E-state index contributed by atoms with van der Waals surface area (Å²) in [5.74, 6) is 0.0288. The fraction of sp³-hybridized carbons (Fsp3) is 0.300. The fourth-order valence-corrected chi connectivity index (χ4v) is 2.75. The number of hydrogen-bond acceptors (Lipinski definition) is 5. The van der Waals surface area contributed by atoms with E-state index >= 15 is 0 Å². The molecule has 28 heavy (non-hydrogen) atoms. The number of anilines is 1. The zero-order valence-electron chi connectivity index (χ0n) is 16.0. The standard InChI is InChI=1S/C20H23FN2O5/c1-26-16-10-13(11-17(27-2)20(16)28-3)12-19(25)23(9-8-18(22)24)15-6-4-14(21)5-7-15/h4-7,10-11H,8-9,12H2,1-3H3,(H2,22,24). The van der Waals surface area contributed by atoms with Crippen molar-refractivity contribution in [1.82, 2.24) is 0 Å². The lowest BCUT2D eigenvalue weighted by Crippen LogP contribution is -2.35. The smallest absolute Gasteiger partial charge is 0.231 e. The van der Waals surface area contributed by atoms with E-state index in [9.17, 15) is 14.0 Å². The zero-order chi connectivity index (χ0) is 20.7. The molecular formula is C20H23FN2O5. The molecule has 0 atom stereocenters. The summed E-state index contributed by atoms with van der Waals surface area (Å²) in [6, 6.07) is 8.80. The van der Waals surface area contributed by atoms with Crippen molar-refractivity contribution in [2.45, 2.75) is 12.8 Å². The molecule has 0 aromatic heterocycles. The molecule has 8 heteroatoms. The third-order valence-corrected chi connectivity index (χ3v) is 4.10. The molecule has 2 N–H and O–H groups in total. The molecule has 0 heterocycles. The SMILES string of the molecule is COc1cc(CC(=O)N(CCC(N)=O)c2ccc(F)cc2)cc(OC)c1OC. The van der Waals surface area contributed by atoms with E-state index in [1.807, 2.05) is 0 Å². The van der Waals surface area contributed by atoms with Crippen molar-refractivity contribution >= 4 is 17.5 Å². The number of halogens is 1. The number of amides is 2. The number of carbonyl (C=O) groups excluding carboxylic acids is 2. The summed E-state index contributed by atoms with van der Waals surface area (Å²) in [5.41, 5.74) is 6.32. The van der Waals surface area contributed by atoms with Gasteiger partial charge in [0.25, 0.3) is 0 Å². The average Bonchev–Trinajstić information content (AvgIpc) is 2.68. The number of rotatable bonds is 9. The highest BCUT2D eigenvalue weighted by molar-refractivity contribution is 5.95. The maximum atomic E-state index is 13.2. The minimum atomic E-state index is -0.535. The Labute approximate surface area is 162 Å². The van der Waals surface area contributed by atoms with E-state index in [-0.39, 0.29) is 25.3 Å². The summed E-state index contributed by atoms with van der Waals surface area (Å²) in [5, 5.41) is 0. The molecule has 2 rings (SSSR count). The third-order valence-electron chi connectivity index (χ3n) is 4.10. The molecule has 0 fully saturated rings. The Hall–Kier alpha value is -3.29. The number of ether oxygens (including phenoxy) is 3. The van der Waals surface area contributed by atoms with Crippen LogP contribution in [0, 0.1) is 5.82 Å². The van der Waals surface area contributed by atoms with Crippen LogP contribution in [0.1, 0.15) is 12.0 Å². The maximum Gasteiger partial charge on any atom is 0.231 e. The van der Waals surface area contributed by atoms with E-state index in [0.717, 1.165) is 0 Å². The first-order valence-electron chi connectivity index (χ1n) is 8.52. The average molecular weight is 390 g/mol. The van der Waals surface area contributed by atoms with Gasteiger partial charge in [0.15, 0.2) is 11.5 Å². The van der Waals surface area contributed by atoms with Crippen molar-refractivity contribution in [1.29, 1.82) is 0 Å². The molecule has 2 aromatic carbocycles. The lowest BCUT2D eigenvalue weighted by molar-refractivity contribution is -0.118. The summed E-state index contributed by atoms with van der Waals surface area (Å²) in [6.45, 7) is 0.0875. The molecule has 0 aliphatic carbocycles. The van der Waals surface area contributed by atoms with Gasteiger partial charge in [-0.15, -0.1) is 0 Å². The fourth-order valence-electron chi connectivity index (χ4n) is 2.75. The lowest BCUT2D eigenvalue weighted by atomic mass is 10.1. The summed E-state index contributed by atoms with van der Waals surface area (Å²) in [4.78, 5) is 25.5. The number of methoxy groups -OCH3 is 3. The van der Waals surface area contributed by atoms with Crippen LogP contribution in [0.15, 0.2) is 36.4 Å². The van der Waals surface area contributed by atoms with Crippen molar-refractivity contribution < 1.29 is 28.2 Å². The molecule has 2 amide bonds. The first-order valence-corrected chi connectivity index (χ1v) is 8.52. The van der Waals surface area contributed by atoms with Gasteiger partial charge < -0.3 is 24.8 Å². The molecule has 0 saturated carbocycles. The van der Waals surface area contributed by atoms with Gasteiger partial charge in [0.1, 0.15) is 5.82 Å². The van der Waals surface area contributed by atoms with Gasteiger partial charge in [-0.2, -0.15) is 0 Å². The van der Waals surface area contributed by atoms with Crippen molar-refractivity contribution in [2.75, 3.05) is 32.8 Å². The van der Waals surface area contributed by atoms with E-state index < -0.39 is 11.7 Å². The van der Waals surface area contributed by atoms with Gasteiger partial charge in [-0.1, -0.05) is 0 Å². The van der Waals surface area contributed by atoms with Gasteiger partial charge in [0.05, 0.1) is 27.8 Å². The molecule has 2 aromatic rings. The molecule has 0 bridgehead atoms. The van der Waals surface area contributed by atoms with Crippen LogP contribution in [0.2, 0.25) is 0 Å². The zero-order valence-corrected chi connectivity index (χ0v) is 16.0. The maximum absolute atomic E-state index is 13.2. The van der Waals surface area contributed by atoms with Crippen LogP contribution in [-0.2, 0) is 16.0 Å². The monoisotopic (exact) mass is 390 g/mol. The molecule has 0 aliphatic rings. The van der Waals surface area contributed by atoms with Gasteiger partial charge in [-0.3, -0.25) is 9.59 Å². The Morgan fingerprint density at radius 3 is 2.04 bits per heavy atom. The number of nitrogens with two attached hydrogens (primary N) is 1. The van der Waals surface area contributed by atoms with Gasteiger partial charge in [0, 0.05) is 18.7 Å². The predicted octanol–water partition coefficient (Wildman–Crippen LogP) is 2.30. The second-order valence-corrected chi connectivity index (χ2v) is 5.95. The van der Waals surface area contributed by atoms with Gasteiger partial charge in [-0.05, 0) is 42.0 Å². The van der Waals surface area contributed by atoms with E-state index in [1.54, 1.807) is 12.1 Å². The number of primary amides is 1. The largest absolute Gasteiger partial charge is 0.493 e. The Morgan fingerprint density at radius 2 is 1.57 bits per heavy atom. The Balaban J connectivity index is 2.31. The second-order valence-electron chi connectivity index (χ2n) is 5.95. The molecule has 0 aliphatic heterocycles. The Kier molecular flexibility index (Phi) is 7.20. The molecular weight excluding hydrogens is 367 g/mol. The molecule has 150 valence electrons. The highest BCUT2D eigenvalue weighted by atomic mass is 19.1. The summed E-state index contributed by atoms with van der Waals surface area (Å²) >= 11 is 0. The number of benzene rings is 2. The summed E-state index contributed by atoms with van der Waals surface area (Å²) in [7, 11) is 4.46. The van der Waals surface area contributed by atoms with Crippen LogP contribution < -0.4 is 24.8 Å². The minimum absolute atomic E-state index is 0.00680. The van der Waals surface area contributed by atoms with Crippen molar-refractivity contribution in [3.05, 3.63) is 47.8 Å². The lowest BCUT2D eigenvalue weighted by Gasteiger charge is -2.23. The number of hydrogen-bond donors (Lipinski definition) is 1. The van der Waals surface area contributed by atoms with Gasteiger partial charge in [0.2, 0.25) is 17.6 Å². The van der Waals surface area contributed by atoms with Crippen LogP contribution in [0.4, 0.5) is 10.1 Å². The first-order chi connectivity index (χ1) is 13.4. The van der Waals surface area contributed by atoms with Crippen LogP contribution in [-0.4, -0.2) is 39.7 Å². The Bertz CT molecular complexity index is 814. The summed E-state index contributed by atoms with van der Waals surface area (Å²) in [6.07, 6.45) is -0.00871. The van der Waals surface area contributed by atoms with Crippen molar-refractivity contribution in [2.24, 2.45) is 5.73 Å². The highest BCUT2D eigenvalue weighted by Crippen LogP contribution is 2.38. The van der Waals surface area contributed by atoms with E-state index in [0.29, 0.717) is 28.5 Å². The number of carbonyl (C=O) groups is 2. The predicted molar refractivity (Wildman–Crippen MR) is 102 cm³/mol. The topological polar surface area (TPSA) is 91.1 Å². The van der Waals surface area contributed by atoms with E-state index in [4.69, 9.17) is 19.9 Å². The van der Waals surface area contributed by atoms with Crippen LogP contribution in [0.25, 0.3) is 0 Å². The molecule has 7 nitrogen and oxygen atoms in total. The van der Waals surface area contributed by atoms with E-state index in [2.05, 4.69) is 0 Å². The van der Waals surface area contributed by atoms with Crippen LogP contribution in [0.5, 0.6) is 17.2 Å². The highest BCUT2D eigenvalue weighted by Gasteiger charge is 2.20. The number of nitrogens with zero attached hydrogens (tertiary/aromatic N) is 1. The molecule has 0 unspecified atom stereocenters. The van der Waals surface area contributed by atoms with Crippen LogP contribution in [0.3, 0.4) is 0 Å². The first kappa shape index (κ1) is 21.0. The quantitative estimate of drug-likeness (QED) is 0.709. The van der Waals surface area contributed by atoms with Crippen LogP contribution >= 0.6 is 0 Å². The normalized spacial score (nSPS) is 10.3. The Morgan fingerprint density at radius 1 is 1.00 bits per heavy atom. The summed E-state index contributed by atoms with van der Waals surface area (Å²) < 4.78 is 29.1. The van der Waals surface area contributed by atoms with Gasteiger partial charge in [-0.25, -0.2) is 4.39 Å². The molecule has 0 spiro atoms.